The number of hydrogen-bond acceptors (Lipinski definition) is 6. The third-order valence-corrected chi connectivity index (χ3v) is 4.11. The molecule has 6 nitrogen and oxygen atoms in total. The first-order valence-electron chi connectivity index (χ1n) is 6.43. The van der Waals surface area contributed by atoms with Crippen LogP contribution in [0.25, 0.3) is 0 Å². The molecule has 108 valence electrons. The molecule has 0 aromatic carbocycles. The first-order valence-corrected chi connectivity index (χ1v) is 8.04. The number of nitrogens with zero attached hydrogens (tertiary/aromatic N) is 6. The first kappa shape index (κ1) is 14.2. The predicted octanol–water partition coefficient (Wildman–Crippen LogP) is 2.06. The summed E-state index contributed by atoms with van der Waals surface area (Å²) in [5, 5.41) is 14.7. The molecule has 21 heavy (non-hydrogen) atoms. The minimum atomic E-state index is 0.486. The highest BCUT2D eigenvalue weighted by atomic mass is 35.5. The molecule has 1 fully saturated rings. The summed E-state index contributed by atoms with van der Waals surface area (Å²) in [5.41, 5.74) is 0.522. The summed E-state index contributed by atoms with van der Waals surface area (Å²) < 4.78 is 1.85. The first-order chi connectivity index (χ1) is 10.2. The van der Waals surface area contributed by atoms with Crippen molar-refractivity contribution in [2.45, 2.75) is 11.7 Å². The van der Waals surface area contributed by atoms with Crippen molar-refractivity contribution in [1.29, 1.82) is 5.26 Å². The Morgan fingerprint density at radius 3 is 2.90 bits per heavy atom. The Morgan fingerprint density at radius 1 is 1.48 bits per heavy atom. The fourth-order valence-electron chi connectivity index (χ4n) is 2.34. The lowest BCUT2D eigenvalue weighted by molar-refractivity contribution is 0.339. The predicted molar refractivity (Wildman–Crippen MR) is 81.5 cm³/mol. The number of thioether (sulfide) groups is 1. The van der Waals surface area contributed by atoms with E-state index in [0.717, 1.165) is 25.5 Å². The standard InChI is InChI=1S/C13H13ClN6S/c1-21-13-16-3-10(2-15)12(18-13)19-5-9(6-19)7-20-8-11(14)4-17-20/h3-4,8-9H,5-7H2,1H3. The van der Waals surface area contributed by atoms with Gasteiger partial charge in [0.15, 0.2) is 11.0 Å². The molecule has 0 aliphatic carbocycles. The summed E-state index contributed by atoms with van der Waals surface area (Å²) in [7, 11) is 0. The van der Waals surface area contributed by atoms with Crippen LogP contribution in [0.2, 0.25) is 5.02 Å². The van der Waals surface area contributed by atoms with E-state index in [1.54, 1.807) is 12.4 Å². The molecule has 0 unspecified atom stereocenters. The summed E-state index contributed by atoms with van der Waals surface area (Å²) >= 11 is 7.33. The van der Waals surface area contributed by atoms with Gasteiger partial charge in [0.2, 0.25) is 0 Å². The van der Waals surface area contributed by atoms with Crippen molar-refractivity contribution in [1.82, 2.24) is 19.7 Å². The van der Waals surface area contributed by atoms with E-state index < -0.39 is 0 Å². The van der Waals surface area contributed by atoms with E-state index in [9.17, 15) is 0 Å². The molecule has 2 aromatic rings. The van der Waals surface area contributed by atoms with Crippen molar-refractivity contribution in [3.05, 3.63) is 29.2 Å². The van der Waals surface area contributed by atoms with Crippen LogP contribution in [0.15, 0.2) is 23.7 Å². The van der Waals surface area contributed by atoms with Crippen molar-refractivity contribution in [3.8, 4) is 6.07 Å². The number of halogens is 1. The molecule has 0 radical (unpaired) electrons. The molecule has 0 N–H and O–H groups in total. The van der Waals surface area contributed by atoms with Crippen molar-refractivity contribution in [3.63, 3.8) is 0 Å². The van der Waals surface area contributed by atoms with Crippen LogP contribution in [0.3, 0.4) is 0 Å². The minimum Gasteiger partial charge on any atom is -0.355 e. The average molecular weight is 321 g/mol. The SMILES string of the molecule is CSc1ncc(C#N)c(N2CC(Cn3cc(Cl)cn3)C2)n1. The maximum atomic E-state index is 9.16. The van der Waals surface area contributed by atoms with E-state index in [1.807, 2.05) is 17.1 Å². The molecule has 0 bridgehead atoms. The van der Waals surface area contributed by atoms with Gasteiger partial charge in [-0.1, -0.05) is 23.4 Å². The molecule has 1 saturated heterocycles. The smallest absolute Gasteiger partial charge is 0.189 e. The topological polar surface area (TPSA) is 70.6 Å². The van der Waals surface area contributed by atoms with Crippen LogP contribution in [0.5, 0.6) is 0 Å². The fourth-order valence-corrected chi connectivity index (χ4v) is 2.83. The second-order valence-corrected chi connectivity index (χ2v) is 6.07. The van der Waals surface area contributed by atoms with Gasteiger partial charge in [0.25, 0.3) is 0 Å². The zero-order chi connectivity index (χ0) is 14.8. The summed E-state index contributed by atoms with van der Waals surface area (Å²) in [5.74, 6) is 1.21. The van der Waals surface area contributed by atoms with Gasteiger partial charge in [0.05, 0.1) is 17.4 Å². The Kier molecular flexibility index (Phi) is 3.99. The maximum Gasteiger partial charge on any atom is 0.189 e. The molecular formula is C13H13ClN6S. The average Bonchev–Trinajstić information content (AvgIpc) is 2.87. The van der Waals surface area contributed by atoms with Gasteiger partial charge in [-0.3, -0.25) is 4.68 Å². The number of rotatable bonds is 4. The van der Waals surface area contributed by atoms with E-state index in [-0.39, 0.29) is 0 Å². The minimum absolute atomic E-state index is 0.486. The van der Waals surface area contributed by atoms with E-state index in [4.69, 9.17) is 16.9 Å². The number of hydrogen-bond donors (Lipinski definition) is 0. The molecule has 0 amide bonds. The van der Waals surface area contributed by atoms with Crippen LogP contribution in [-0.2, 0) is 6.54 Å². The van der Waals surface area contributed by atoms with Crippen molar-refractivity contribution < 1.29 is 0 Å². The molecule has 2 aromatic heterocycles. The lowest BCUT2D eigenvalue weighted by atomic mass is 10.00. The normalized spacial score (nSPS) is 14.8. The molecule has 1 aliphatic heterocycles. The highest BCUT2D eigenvalue weighted by Crippen LogP contribution is 2.28. The van der Waals surface area contributed by atoms with Crippen LogP contribution in [0.4, 0.5) is 5.82 Å². The lowest BCUT2D eigenvalue weighted by Gasteiger charge is -2.40. The third kappa shape index (κ3) is 2.96. The van der Waals surface area contributed by atoms with Crippen molar-refractivity contribution >= 4 is 29.2 Å². The van der Waals surface area contributed by atoms with Crippen molar-refractivity contribution in [2.75, 3.05) is 24.2 Å². The van der Waals surface area contributed by atoms with Crippen molar-refractivity contribution in [2.24, 2.45) is 5.92 Å². The second-order valence-electron chi connectivity index (χ2n) is 4.86. The van der Waals surface area contributed by atoms with Gasteiger partial charge >= 0.3 is 0 Å². The second kappa shape index (κ2) is 5.92. The number of aromatic nitrogens is 4. The Morgan fingerprint density at radius 2 is 2.29 bits per heavy atom. The molecule has 8 heteroatoms. The van der Waals surface area contributed by atoms with Gasteiger partial charge in [-0.2, -0.15) is 10.4 Å². The molecular weight excluding hydrogens is 308 g/mol. The fraction of sp³-hybridized carbons (Fsp3) is 0.385. The van der Waals surface area contributed by atoms with Crippen LogP contribution < -0.4 is 4.90 Å². The largest absolute Gasteiger partial charge is 0.355 e. The van der Waals surface area contributed by atoms with Crippen LogP contribution in [0.1, 0.15) is 5.56 Å². The molecule has 3 rings (SSSR count). The van der Waals surface area contributed by atoms with Crippen LogP contribution >= 0.6 is 23.4 Å². The summed E-state index contributed by atoms with van der Waals surface area (Å²) in [6, 6.07) is 2.15. The van der Waals surface area contributed by atoms with E-state index in [2.05, 4.69) is 26.0 Å². The summed E-state index contributed by atoms with van der Waals surface area (Å²) in [6.45, 7) is 2.54. The highest BCUT2D eigenvalue weighted by Gasteiger charge is 2.30. The van der Waals surface area contributed by atoms with Gasteiger partial charge < -0.3 is 4.90 Å². The molecule has 1 aliphatic rings. The zero-order valence-corrected chi connectivity index (χ0v) is 13.0. The summed E-state index contributed by atoms with van der Waals surface area (Å²) in [4.78, 5) is 10.7. The Bertz CT molecular complexity index is 688. The van der Waals surface area contributed by atoms with Gasteiger partial charge in [-0.25, -0.2) is 9.97 Å². The molecule has 0 spiro atoms. The van der Waals surface area contributed by atoms with E-state index >= 15 is 0 Å². The maximum absolute atomic E-state index is 9.16. The number of anilines is 1. The van der Waals surface area contributed by atoms with Gasteiger partial charge in [0, 0.05) is 31.7 Å². The highest BCUT2D eigenvalue weighted by molar-refractivity contribution is 7.98. The van der Waals surface area contributed by atoms with Gasteiger partial charge in [-0.05, 0) is 6.26 Å². The number of nitriles is 1. The van der Waals surface area contributed by atoms with E-state index in [0.29, 0.717) is 21.7 Å². The zero-order valence-electron chi connectivity index (χ0n) is 11.4. The monoisotopic (exact) mass is 320 g/mol. The van der Waals surface area contributed by atoms with E-state index in [1.165, 1.54) is 11.8 Å². The van der Waals surface area contributed by atoms with Gasteiger partial charge in [-0.15, -0.1) is 0 Å². The Labute approximate surface area is 131 Å². The Hall–Kier alpha value is -1.78. The summed E-state index contributed by atoms with van der Waals surface area (Å²) in [6.07, 6.45) is 6.97. The molecule has 3 heterocycles. The lowest BCUT2D eigenvalue weighted by Crippen LogP contribution is -2.49. The third-order valence-electron chi connectivity index (χ3n) is 3.35. The molecule has 0 atom stereocenters. The van der Waals surface area contributed by atoms with Crippen LogP contribution in [0, 0.1) is 17.2 Å². The van der Waals surface area contributed by atoms with Crippen LogP contribution in [-0.4, -0.2) is 39.1 Å². The van der Waals surface area contributed by atoms with Gasteiger partial charge in [0.1, 0.15) is 11.6 Å². The quantitative estimate of drug-likeness (QED) is 0.634. The molecule has 0 saturated carbocycles. The Balaban J connectivity index is 1.67.